The highest BCUT2D eigenvalue weighted by Gasteiger charge is 2.15. The molecule has 17 heavy (non-hydrogen) atoms. The average molecular weight is 231 g/mol. The van der Waals surface area contributed by atoms with E-state index >= 15 is 0 Å². The Morgan fingerprint density at radius 3 is 2.71 bits per heavy atom. The van der Waals surface area contributed by atoms with Crippen LogP contribution >= 0.6 is 0 Å². The van der Waals surface area contributed by atoms with Crippen molar-refractivity contribution in [1.82, 2.24) is 5.32 Å². The maximum Gasteiger partial charge on any atom is 0.00672 e. The van der Waals surface area contributed by atoms with Crippen molar-refractivity contribution in [2.75, 3.05) is 6.54 Å². The van der Waals surface area contributed by atoms with E-state index in [0.717, 1.165) is 24.9 Å². The lowest BCUT2D eigenvalue weighted by Gasteiger charge is -2.16. The molecule has 0 amide bonds. The van der Waals surface area contributed by atoms with Crippen LogP contribution in [0.5, 0.6) is 0 Å². The monoisotopic (exact) mass is 231 g/mol. The highest BCUT2D eigenvalue weighted by Crippen LogP contribution is 2.22. The molecule has 1 heteroatoms. The molecule has 2 unspecified atom stereocenters. The molecule has 0 spiro atoms. The zero-order valence-electron chi connectivity index (χ0n) is 11.0. The van der Waals surface area contributed by atoms with Gasteiger partial charge in [0.15, 0.2) is 0 Å². The van der Waals surface area contributed by atoms with E-state index in [-0.39, 0.29) is 0 Å². The van der Waals surface area contributed by atoms with Gasteiger partial charge in [-0.05, 0) is 43.7 Å². The number of rotatable bonds is 4. The number of hydrogen-bond acceptors (Lipinski definition) is 1. The Hall–Kier alpha value is -0.820. The van der Waals surface area contributed by atoms with E-state index in [2.05, 4.69) is 42.6 Å². The largest absolute Gasteiger partial charge is 0.314 e. The molecule has 1 aliphatic carbocycles. The standard InChI is InChI=1S/C16H25N/c1-14-6-5-9-16(11-10-14)17-13-12-15-7-3-2-4-8-15/h2-4,7-8,14,16-17H,5-6,9-13H2,1H3. The van der Waals surface area contributed by atoms with Gasteiger partial charge in [0.1, 0.15) is 0 Å². The Labute approximate surface area is 106 Å². The molecule has 1 fully saturated rings. The van der Waals surface area contributed by atoms with Gasteiger partial charge in [0.25, 0.3) is 0 Å². The predicted molar refractivity (Wildman–Crippen MR) is 74.2 cm³/mol. The minimum absolute atomic E-state index is 0.767. The second-order valence-electron chi connectivity index (χ2n) is 5.50. The summed E-state index contributed by atoms with van der Waals surface area (Å²) in [6.45, 7) is 3.52. The lowest BCUT2D eigenvalue weighted by Crippen LogP contribution is -2.30. The molecule has 1 nitrogen and oxygen atoms in total. The quantitative estimate of drug-likeness (QED) is 0.777. The molecule has 0 bridgehead atoms. The van der Waals surface area contributed by atoms with Crippen LogP contribution in [0, 0.1) is 5.92 Å². The van der Waals surface area contributed by atoms with E-state index in [1.165, 1.54) is 37.7 Å². The van der Waals surface area contributed by atoms with Gasteiger partial charge < -0.3 is 5.32 Å². The molecule has 2 rings (SSSR count). The molecule has 2 atom stereocenters. The molecule has 0 aromatic heterocycles. The molecule has 0 heterocycles. The van der Waals surface area contributed by atoms with E-state index < -0.39 is 0 Å². The topological polar surface area (TPSA) is 12.0 Å². The first-order chi connectivity index (χ1) is 8.34. The molecule has 1 aliphatic rings. The third kappa shape index (κ3) is 4.51. The second-order valence-corrected chi connectivity index (χ2v) is 5.50. The van der Waals surface area contributed by atoms with Crippen LogP contribution in [0.3, 0.4) is 0 Å². The lowest BCUT2D eigenvalue weighted by atomic mass is 10.0. The smallest absolute Gasteiger partial charge is 0.00672 e. The van der Waals surface area contributed by atoms with Gasteiger partial charge in [0.2, 0.25) is 0 Å². The first-order valence-corrected chi connectivity index (χ1v) is 7.12. The summed E-state index contributed by atoms with van der Waals surface area (Å²) in [5, 5.41) is 3.73. The third-order valence-corrected chi connectivity index (χ3v) is 3.95. The van der Waals surface area contributed by atoms with Crippen molar-refractivity contribution in [3.05, 3.63) is 35.9 Å². The highest BCUT2D eigenvalue weighted by atomic mass is 14.9. The molecule has 0 aliphatic heterocycles. The number of hydrogen-bond donors (Lipinski definition) is 1. The summed E-state index contributed by atoms with van der Waals surface area (Å²) in [4.78, 5) is 0. The molecule has 0 saturated heterocycles. The zero-order chi connectivity index (χ0) is 11.9. The van der Waals surface area contributed by atoms with Crippen LogP contribution in [-0.4, -0.2) is 12.6 Å². The Kier molecular flexibility index (Phi) is 5.06. The summed E-state index contributed by atoms with van der Waals surface area (Å²) in [5.74, 6) is 0.941. The van der Waals surface area contributed by atoms with Crippen molar-refractivity contribution >= 4 is 0 Å². The lowest BCUT2D eigenvalue weighted by molar-refractivity contribution is 0.451. The molecular formula is C16H25N. The fourth-order valence-electron chi connectivity index (χ4n) is 2.76. The van der Waals surface area contributed by atoms with Gasteiger partial charge in [-0.3, -0.25) is 0 Å². The van der Waals surface area contributed by atoms with Crippen LogP contribution in [0.2, 0.25) is 0 Å². The first kappa shape index (κ1) is 12.6. The van der Waals surface area contributed by atoms with Crippen LogP contribution in [0.25, 0.3) is 0 Å². The second kappa shape index (κ2) is 6.80. The summed E-state index contributed by atoms with van der Waals surface area (Å²) in [7, 11) is 0. The minimum Gasteiger partial charge on any atom is -0.314 e. The van der Waals surface area contributed by atoms with Crippen LogP contribution in [0.1, 0.15) is 44.6 Å². The van der Waals surface area contributed by atoms with Crippen molar-refractivity contribution in [2.24, 2.45) is 5.92 Å². The fourth-order valence-corrected chi connectivity index (χ4v) is 2.76. The van der Waals surface area contributed by atoms with Crippen molar-refractivity contribution in [3.63, 3.8) is 0 Å². The van der Waals surface area contributed by atoms with Gasteiger partial charge in [-0.1, -0.05) is 50.1 Å². The van der Waals surface area contributed by atoms with Crippen LogP contribution in [-0.2, 0) is 6.42 Å². The number of benzene rings is 1. The Morgan fingerprint density at radius 1 is 1.06 bits per heavy atom. The molecule has 1 aromatic carbocycles. The molecule has 0 radical (unpaired) electrons. The number of nitrogens with one attached hydrogen (secondary N) is 1. The van der Waals surface area contributed by atoms with Crippen LogP contribution in [0.4, 0.5) is 0 Å². The Balaban J connectivity index is 1.68. The molecular weight excluding hydrogens is 206 g/mol. The maximum absolute atomic E-state index is 3.73. The summed E-state index contributed by atoms with van der Waals surface area (Å²) in [5.41, 5.74) is 1.45. The van der Waals surface area contributed by atoms with Crippen molar-refractivity contribution in [3.8, 4) is 0 Å². The molecule has 1 aromatic rings. The van der Waals surface area contributed by atoms with Crippen molar-refractivity contribution < 1.29 is 0 Å². The predicted octanol–water partition coefficient (Wildman–Crippen LogP) is 3.79. The van der Waals surface area contributed by atoms with Gasteiger partial charge >= 0.3 is 0 Å². The fraction of sp³-hybridized carbons (Fsp3) is 0.625. The summed E-state index contributed by atoms with van der Waals surface area (Å²) < 4.78 is 0. The molecule has 1 N–H and O–H groups in total. The summed E-state index contributed by atoms with van der Waals surface area (Å²) in [6, 6.07) is 11.5. The Bertz CT molecular complexity index is 307. The summed E-state index contributed by atoms with van der Waals surface area (Å²) >= 11 is 0. The van der Waals surface area contributed by atoms with Gasteiger partial charge in [0, 0.05) is 6.04 Å². The average Bonchev–Trinajstić information content (AvgIpc) is 2.56. The van der Waals surface area contributed by atoms with E-state index in [1.54, 1.807) is 0 Å². The van der Waals surface area contributed by atoms with E-state index in [0.29, 0.717) is 0 Å². The van der Waals surface area contributed by atoms with E-state index in [4.69, 9.17) is 0 Å². The normalized spacial score (nSPS) is 25.5. The highest BCUT2D eigenvalue weighted by molar-refractivity contribution is 5.14. The molecule has 1 saturated carbocycles. The zero-order valence-corrected chi connectivity index (χ0v) is 11.0. The van der Waals surface area contributed by atoms with Crippen LogP contribution < -0.4 is 5.32 Å². The SMILES string of the molecule is CC1CCCC(NCCc2ccccc2)CC1. The van der Waals surface area contributed by atoms with Crippen molar-refractivity contribution in [2.45, 2.75) is 51.5 Å². The molecule has 94 valence electrons. The van der Waals surface area contributed by atoms with Crippen LogP contribution in [0.15, 0.2) is 30.3 Å². The van der Waals surface area contributed by atoms with Gasteiger partial charge in [-0.25, -0.2) is 0 Å². The first-order valence-electron chi connectivity index (χ1n) is 7.12. The summed E-state index contributed by atoms with van der Waals surface area (Å²) in [6.07, 6.45) is 8.14. The van der Waals surface area contributed by atoms with E-state index in [9.17, 15) is 0 Å². The van der Waals surface area contributed by atoms with E-state index in [1.807, 2.05) is 0 Å². The minimum atomic E-state index is 0.767. The van der Waals surface area contributed by atoms with Gasteiger partial charge in [0.05, 0.1) is 0 Å². The maximum atomic E-state index is 3.73. The third-order valence-electron chi connectivity index (χ3n) is 3.95. The van der Waals surface area contributed by atoms with Gasteiger partial charge in [-0.15, -0.1) is 0 Å². The van der Waals surface area contributed by atoms with Crippen molar-refractivity contribution in [1.29, 1.82) is 0 Å². The Morgan fingerprint density at radius 2 is 1.88 bits per heavy atom. The van der Waals surface area contributed by atoms with Gasteiger partial charge in [-0.2, -0.15) is 0 Å².